The molecule has 0 saturated carbocycles. The van der Waals surface area contributed by atoms with E-state index in [1.54, 1.807) is 6.07 Å². The van der Waals surface area contributed by atoms with Crippen molar-refractivity contribution in [1.82, 2.24) is 0 Å². The fourth-order valence-electron chi connectivity index (χ4n) is 2.04. The van der Waals surface area contributed by atoms with Crippen LogP contribution in [0.25, 0.3) is 0 Å². The van der Waals surface area contributed by atoms with E-state index < -0.39 is 0 Å². The lowest BCUT2D eigenvalue weighted by Gasteiger charge is -2.22. The van der Waals surface area contributed by atoms with Gasteiger partial charge in [-0.05, 0) is 42.5 Å². The van der Waals surface area contributed by atoms with Crippen LogP contribution < -0.4 is 10.5 Å². The van der Waals surface area contributed by atoms with Crippen molar-refractivity contribution in [2.24, 2.45) is 5.92 Å². The van der Waals surface area contributed by atoms with Crippen LogP contribution in [0.3, 0.4) is 0 Å². The van der Waals surface area contributed by atoms with Crippen LogP contribution in [-0.2, 0) is 11.2 Å². The Morgan fingerprint density at radius 3 is 2.89 bits per heavy atom. The van der Waals surface area contributed by atoms with Crippen LogP contribution in [0.15, 0.2) is 18.2 Å². The molecule has 1 fully saturated rings. The summed E-state index contributed by atoms with van der Waals surface area (Å²) < 4.78 is 11.1. The summed E-state index contributed by atoms with van der Waals surface area (Å²) in [6, 6.07) is 7.62. The smallest absolute Gasteiger partial charge is 0.119 e. The van der Waals surface area contributed by atoms with Crippen molar-refractivity contribution in [3.8, 4) is 11.8 Å². The van der Waals surface area contributed by atoms with Gasteiger partial charge in [0, 0.05) is 18.9 Å². The predicted molar refractivity (Wildman–Crippen MR) is 69.2 cm³/mol. The number of nitrogen functional groups attached to an aromatic ring is 1. The first kappa shape index (κ1) is 12.7. The first-order valence-electron chi connectivity index (χ1n) is 6.25. The summed E-state index contributed by atoms with van der Waals surface area (Å²) in [5.41, 5.74) is 7.27. The van der Waals surface area contributed by atoms with Crippen molar-refractivity contribution in [2.45, 2.75) is 19.3 Å². The van der Waals surface area contributed by atoms with E-state index in [0.29, 0.717) is 24.6 Å². The highest BCUT2D eigenvalue weighted by Gasteiger charge is 2.14. The number of rotatable bonds is 4. The molecule has 1 heterocycles. The van der Waals surface area contributed by atoms with E-state index in [2.05, 4.69) is 6.07 Å². The van der Waals surface area contributed by atoms with Crippen LogP contribution in [-0.4, -0.2) is 19.8 Å². The Bertz CT molecular complexity index is 434. The number of hydrogen-bond donors (Lipinski definition) is 1. The Kier molecular flexibility index (Phi) is 4.43. The van der Waals surface area contributed by atoms with E-state index in [0.717, 1.165) is 37.4 Å². The number of hydrogen-bond acceptors (Lipinski definition) is 4. The molecule has 1 aromatic rings. The van der Waals surface area contributed by atoms with Gasteiger partial charge in [0.1, 0.15) is 5.75 Å². The molecule has 0 radical (unpaired) electrons. The third-order valence-corrected chi connectivity index (χ3v) is 3.21. The minimum Gasteiger partial charge on any atom is -0.493 e. The zero-order chi connectivity index (χ0) is 12.8. The summed E-state index contributed by atoms with van der Waals surface area (Å²) in [6.07, 6.45) is 2.43. The Morgan fingerprint density at radius 2 is 2.17 bits per heavy atom. The van der Waals surface area contributed by atoms with Crippen LogP contribution in [0.5, 0.6) is 5.75 Å². The average molecular weight is 246 g/mol. The van der Waals surface area contributed by atoms with Crippen molar-refractivity contribution < 1.29 is 9.47 Å². The van der Waals surface area contributed by atoms with Crippen molar-refractivity contribution >= 4 is 5.69 Å². The standard InChI is InChI=1S/C14H18N2O2/c15-6-3-12-9-13(1-2-14(12)16)18-10-11-4-7-17-8-5-11/h1-2,9,11H,3-5,7-8,10,16H2. The van der Waals surface area contributed by atoms with Crippen LogP contribution in [0.4, 0.5) is 5.69 Å². The first-order valence-corrected chi connectivity index (χ1v) is 6.25. The highest BCUT2D eigenvalue weighted by atomic mass is 16.5. The average Bonchev–Trinajstić information content (AvgIpc) is 2.41. The van der Waals surface area contributed by atoms with Crippen molar-refractivity contribution in [2.75, 3.05) is 25.6 Å². The molecule has 0 aliphatic carbocycles. The molecule has 4 heteroatoms. The summed E-state index contributed by atoms with van der Waals surface area (Å²) in [5.74, 6) is 1.36. The predicted octanol–water partition coefficient (Wildman–Crippen LogP) is 2.14. The second-order valence-corrected chi connectivity index (χ2v) is 4.56. The molecule has 1 saturated heterocycles. The second-order valence-electron chi connectivity index (χ2n) is 4.56. The van der Waals surface area contributed by atoms with Gasteiger partial charge in [0.25, 0.3) is 0 Å². The lowest BCUT2D eigenvalue weighted by atomic mass is 10.0. The lowest BCUT2D eigenvalue weighted by Crippen LogP contribution is -2.21. The summed E-state index contributed by atoms with van der Waals surface area (Å²) >= 11 is 0. The van der Waals surface area contributed by atoms with E-state index in [1.165, 1.54) is 0 Å². The number of nitriles is 1. The molecule has 1 aliphatic heterocycles. The quantitative estimate of drug-likeness (QED) is 0.826. The largest absolute Gasteiger partial charge is 0.493 e. The number of ether oxygens (including phenoxy) is 2. The van der Waals surface area contributed by atoms with Gasteiger partial charge in [0.05, 0.1) is 19.1 Å². The number of anilines is 1. The zero-order valence-electron chi connectivity index (χ0n) is 10.4. The second kappa shape index (κ2) is 6.27. The Labute approximate surface area is 107 Å². The van der Waals surface area contributed by atoms with Gasteiger partial charge < -0.3 is 15.2 Å². The number of nitrogens with zero attached hydrogens (tertiary/aromatic N) is 1. The molecule has 0 amide bonds. The third kappa shape index (κ3) is 3.38. The minimum absolute atomic E-state index is 0.320. The highest BCUT2D eigenvalue weighted by Crippen LogP contribution is 2.22. The van der Waals surface area contributed by atoms with Gasteiger partial charge in [-0.25, -0.2) is 0 Å². The van der Waals surface area contributed by atoms with Crippen molar-refractivity contribution in [3.05, 3.63) is 23.8 Å². The molecule has 0 atom stereocenters. The van der Waals surface area contributed by atoms with Crippen molar-refractivity contribution in [3.63, 3.8) is 0 Å². The van der Waals surface area contributed by atoms with E-state index in [4.69, 9.17) is 20.5 Å². The highest BCUT2D eigenvalue weighted by molar-refractivity contribution is 5.51. The van der Waals surface area contributed by atoms with E-state index in [9.17, 15) is 0 Å². The third-order valence-electron chi connectivity index (χ3n) is 3.21. The SMILES string of the molecule is N#CCc1cc(OCC2CCOCC2)ccc1N. The summed E-state index contributed by atoms with van der Waals surface area (Å²) in [4.78, 5) is 0. The fourth-order valence-corrected chi connectivity index (χ4v) is 2.04. The zero-order valence-corrected chi connectivity index (χ0v) is 10.4. The first-order chi connectivity index (χ1) is 8.79. The molecule has 0 spiro atoms. The van der Waals surface area contributed by atoms with Gasteiger partial charge in [-0.15, -0.1) is 0 Å². The van der Waals surface area contributed by atoms with Crippen molar-refractivity contribution in [1.29, 1.82) is 5.26 Å². The van der Waals surface area contributed by atoms with Crippen LogP contribution in [0.1, 0.15) is 18.4 Å². The van der Waals surface area contributed by atoms with Gasteiger partial charge >= 0.3 is 0 Å². The summed E-state index contributed by atoms with van der Waals surface area (Å²) in [7, 11) is 0. The molecular formula is C14H18N2O2. The maximum atomic E-state index is 8.71. The molecule has 96 valence electrons. The molecule has 1 aliphatic rings. The summed E-state index contributed by atoms with van der Waals surface area (Å²) in [5, 5.41) is 8.71. The molecule has 0 bridgehead atoms. The number of benzene rings is 1. The van der Waals surface area contributed by atoms with E-state index >= 15 is 0 Å². The molecule has 0 unspecified atom stereocenters. The molecule has 4 nitrogen and oxygen atoms in total. The molecule has 1 aromatic carbocycles. The molecular weight excluding hydrogens is 228 g/mol. The minimum atomic E-state index is 0.320. The fraction of sp³-hybridized carbons (Fsp3) is 0.500. The Morgan fingerprint density at radius 1 is 1.39 bits per heavy atom. The Hall–Kier alpha value is -1.73. The van der Waals surface area contributed by atoms with Gasteiger partial charge in [0.2, 0.25) is 0 Å². The molecule has 2 rings (SSSR count). The van der Waals surface area contributed by atoms with Crippen LogP contribution >= 0.6 is 0 Å². The van der Waals surface area contributed by atoms with Gasteiger partial charge in [-0.3, -0.25) is 0 Å². The van der Waals surface area contributed by atoms with E-state index in [-0.39, 0.29) is 0 Å². The summed E-state index contributed by atoms with van der Waals surface area (Å²) in [6.45, 7) is 2.37. The van der Waals surface area contributed by atoms with Crippen LogP contribution in [0.2, 0.25) is 0 Å². The Balaban J connectivity index is 1.92. The van der Waals surface area contributed by atoms with Gasteiger partial charge in [-0.1, -0.05) is 0 Å². The monoisotopic (exact) mass is 246 g/mol. The van der Waals surface area contributed by atoms with Gasteiger partial charge in [-0.2, -0.15) is 5.26 Å². The molecule has 2 N–H and O–H groups in total. The van der Waals surface area contributed by atoms with Crippen LogP contribution in [0, 0.1) is 17.2 Å². The maximum Gasteiger partial charge on any atom is 0.119 e. The molecule has 18 heavy (non-hydrogen) atoms. The van der Waals surface area contributed by atoms with E-state index in [1.807, 2.05) is 12.1 Å². The maximum absolute atomic E-state index is 8.71. The molecule has 0 aromatic heterocycles. The lowest BCUT2D eigenvalue weighted by molar-refractivity contribution is 0.0497. The normalized spacial score (nSPS) is 16.2. The topological polar surface area (TPSA) is 68.3 Å². The van der Waals surface area contributed by atoms with Gasteiger partial charge in [0.15, 0.2) is 0 Å². The number of nitrogens with two attached hydrogens (primary N) is 1.